The molecule has 13 heavy (non-hydrogen) atoms. The van der Waals surface area contributed by atoms with Crippen molar-refractivity contribution in [1.29, 1.82) is 0 Å². The van der Waals surface area contributed by atoms with Crippen LogP contribution in [0.25, 0.3) is 0 Å². The molecule has 4 fully saturated rings. The van der Waals surface area contributed by atoms with Crippen molar-refractivity contribution in [3.05, 3.63) is 0 Å². The van der Waals surface area contributed by atoms with E-state index in [1.807, 2.05) is 7.11 Å². The summed E-state index contributed by atoms with van der Waals surface area (Å²) in [7, 11) is 1.93. The maximum atomic E-state index is 5.86. The maximum absolute atomic E-state index is 5.86. The summed E-state index contributed by atoms with van der Waals surface area (Å²) < 4.78 is 5.86. The van der Waals surface area contributed by atoms with Gasteiger partial charge in [-0.1, -0.05) is 6.92 Å². The maximum Gasteiger partial charge on any atom is 0.0712 e. The Morgan fingerprint density at radius 2 is 1.69 bits per heavy atom. The molecule has 0 aromatic rings. The van der Waals surface area contributed by atoms with Gasteiger partial charge in [0.15, 0.2) is 0 Å². The van der Waals surface area contributed by atoms with Gasteiger partial charge in [-0.2, -0.15) is 0 Å². The first-order chi connectivity index (χ1) is 6.23. The zero-order valence-corrected chi connectivity index (χ0v) is 8.75. The quantitative estimate of drug-likeness (QED) is 0.603. The Kier molecular flexibility index (Phi) is 1.59. The molecular formula is C12H20O. The smallest absolute Gasteiger partial charge is 0.0712 e. The van der Waals surface area contributed by atoms with Crippen LogP contribution in [-0.4, -0.2) is 12.7 Å². The molecule has 0 N–H and O–H groups in total. The Labute approximate surface area is 80.8 Å². The largest absolute Gasteiger partial charge is 0.378 e. The van der Waals surface area contributed by atoms with E-state index in [1.165, 1.54) is 32.1 Å². The van der Waals surface area contributed by atoms with E-state index in [0.29, 0.717) is 5.60 Å². The van der Waals surface area contributed by atoms with Crippen LogP contribution >= 0.6 is 0 Å². The molecule has 0 aromatic heterocycles. The summed E-state index contributed by atoms with van der Waals surface area (Å²) in [4.78, 5) is 0. The molecule has 3 unspecified atom stereocenters. The Morgan fingerprint density at radius 1 is 1.08 bits per heavy atom. The van der Waals surface area contributed by atoms with Gasteiger partial charge in [0.05, 0.1) is 5.60 Å². The predicted molar refractivity (Wildman–Crippen MR) is 52.5 cm³/mol. The van der Waals surface area contributed by atoms with Crippen molar-refractivity contribution in [3.8, 4) is 0 Å². The van der Waals surface area contributed by atoms with E-state index in [-0.39, 0.29) is 0 Å². The summed E-state index contributed by atoms with van der Waals surface area (Å²) in [6.45, 7) is 2.42. The van der Waals surface area contributed by atoms with Crippen LogP contribution in [0.3, 0.4) is 0 Å². The van der Waals surface area contributed by atoms with E-state index in [9.17, 15) is 0 Å². The first-order valence-corrected chi connectivity index (χ1v) is 5.78. The van der Waals surface area contributed by atoms with Gasteiger partial charge >= 0.3 is 0 Å². The van der Waals surface area contributed by atoms with Crippen molar-refractivity contribution in [3.63, 3.8) is 0 Å². The second-order valence-corrected chi connectivity index (χ2v) is 5.67. The van der Waals surface area contributed by atoms with E-state index >= 15 is 0 Å². The van der Waals surface area contributed by atoms with Gasteiger partial charge in [-0.15, -0.1) is 0 Å². The van der Waals surface area contributed by atoms with Crippen molar-refractivity contribution in [2.75, 3.05) is 7.11 Å². The first kappa shape index (κ1) is 8.28. The Morgan fingerprint density at radius 3 is 2.23 bits per heavy atom. The van der Waals surface area contributed by atoms with Gasteiger partial charge in [-0.3, -0.25) is 0 Å². The van der Waals surface area contributed by atoms with Crippen LogP contribution in [0.15, 0.2) is 0 Å². The van der Waals surface area contributed by atoms with E-state index in [1.54, 1.807) is 0 Å². The minimum absolute atomic E-state index is 0.300. The molecule has 4 aliphatic carbocycles. The van der Waals surface area contributed by atoms with E-state index in [2.05, 4.69) is 6.92 Å². The van der Waals surface area contributed by atoms with Crippen molar-refractivity contribution in [1.82, 2.24) is 0 Å². The zero-order valence-electron chi connectivity index (χ0n) is 8.75. The number of hydrogen-bond donors (Lipinski definition) is 0. The summed E-state index contributed by atoms with van der Waals surface area (Å²) >= 11 is 0. The van der Waals surface area contributed by atoms with Crippen LogP contribution in [0.4, 0.5) is 0 Å². The van der Waals surface area contributed by atoms with Crippen LogP contribution in [-0.2, 0) is 4.74 Å². The molecule has 74 valence electrons. The topological polar surface area (TPSA) is 9.23 Å². The first-order valence-electron chi connectivity index (χ1n) is 5.78. The fourth-order valence-electron chi connectivity index (χ4n) is 4.57. The fraction of sp³-hybridized carbons (Fsp3) is 1.00. The Bertz CT molecular complexity index is 209. The number of ether oxygens (including phenoxy) is 1. The lowest BCUT2D eigenvalue weighted by Gasteiger charge is -2.59. The average molecular weight is 180 g/mol. The third-order valence-electron chi connectivity index (χ3n) is 5.15. The van der Waals surface area contributed by atoms with Crippen molar-refractivity contribution < 1.29 is 4.74 Å². The van der Waals surface area contributed by atoms with Gasteiger partial charge in [-0.25, -0.2) is 0 Å². The summed E-state index contributed by atoms with van der Waals surface area (Å²) in [5, 5.41) is 0. The lowest BCUT2D eigenvalue weighted by molar-refractivity contribution is -0.183. The van der Waals surface area contributed by atoms with Gasteiger partial charge in [-0.05, 0) is 55.8 Å². The van der Waals surface area contributed by atoms with Crippen molar-refractivity contribution >= 4 is 0 Å². The van der Waals surface area contributed by atoms with Crippen molar-refractivity contribution in [2.24, 2.45) is 23.7 Å². The highest BCUT2D eigenvalue weighted by Crippen LogP contribution is 2.59. The molecule has 0 radical (unpaired) electrons. The molecule has 0 spiro atoms. The normalized spacial score (nSPS) is 58.6. The summed E-state index contributed by atoms with van der Waals surface area (Å²) in [6.07, 6.45) is 7.23. The van der Waals surface area contributed by atoms with E-state index < -0.39 is 0 Å². The number of hydrogen-bond acceptors (Lipinski definition) is 1. The Balaban J connectivity index is 1.95. The summed E-state index contributed by atoms with van der Waals surface area (Å²) in [6, 6.07) is 0. The van der Waals surface area contributed by atoms with Gasteiger partial charge in [0.1, 0.15) is 0 Å². The molecule has 0 heterocycles. The lowest BCUT2D eigenvalue weighted by Crippen LogP contribution is -2.57. The molecule has 4 bridgehead atoms. The molecule has 4 saturated carbocycles. The van der Waals surface area contributed by atoms with Crippen molar-refractivity contribution in [2.45, 2.75) is 44.6 Å². The molecule has 0 aromatic carbocycles. The monoisotopic (exact) mass is 180 g/mol. The highest BCUT2D eigenvalue weighted by atomic mass is 16.5. The molecule has 4 aliphatic rings. The SMILES string of the molecule is COC12CC3CC(CC(C3)C1C)C2. The predicted octanol–water partition coefficient (Wildman–Crippen LogP) is 2.85. The molecular weight excluding hydrogens is 160 g/mol. The van der Waals surface area contributed by atoms with Crippen LogP contribution in [0.5, 0.6) is 0 Å². The second-order valence-electron chi connectivity index (χ2n) is 5.67. The lowest BCUT2D eigenvalue weighted by atomic mass is 9.50. The van der Waals surface area contributed by atoms with Gasteiger partial charge in [0.2, 0.25) is 0 Å². The summed E-state index contributed by atoms with van der Waals surface area (Å²) in [5.74, 6) is 3.83. The third-order valence-corrected chi connectivity index (χ3v) is 5.15. The molecule has 3 atom stereocenters. The minimum Gasteiger partial charge on any atom is -0.378 e. The molecule has 4 rings (SSSR count). The van der Waals surface area contributed by atoms with Crippen LogP contribution in [0, 0.1) is 23.7 Å². The second kappa shape index (κ2) is 2.50. The zero-order chi connectivity index (χ0) is 9.05. The standard InChI is InChI=1S/C12H20O/c1-8-11-4-9-3-10(5-11)7-12(8,6-9)13-2/h8-11H,3-7H2,1-2H3. The Hall–Kier alpha value is -0.0400. The molecule has 0 saturated heterocycles. The van der Waals surface area contributed by atoms with Crippen LogP contribution < -0.4 is 0 Å². The molecule has 1 nitrogen and oxygen atoms in total. The minimum atomic E-state index is 0.300. The highest BCUT2D eigenvalue weighted by Gasteiger charge is 2.55. The number of methoxy groups -OCH3 is 1. The van der Waals surface area contributed by atoms with Crippen LogP contribution in [0.2, 0.25) is 0 Å². The number of rotatable bonds is 1. The molecule has 1 heteroatoms. The van der Waals surface area contributed by atoms with E-state index in [0.717, 1.165) is 23.7 Å². The third kappa shape index (κ3) is 0.971. The van der Waals surface area contributed by atoms with Crippen LogP contribution in [0.1, 0.15) is 39.0 Å². The van der Waals surface area contributed by atoms with Gasteiger partial charge < -0.3 is 4.74 Å². The highest BCUT2D eigenvalue weighted by molar-refractivity contribution is 5.06. The molecule has 0 amide bonds. The van der Waals surface area contributed by atoms with E-state index in [4.69, 9.17) is 4.74 Å². The average Bonchev–Trinajstić information content (AvgIpc) is 2.12. The summed E-state index contributed by atoms with van der Waals surface area (Å²) in [5.41, 5.74) is 0.300. The van der Waals surface area contributed by atoms with Gasteiger partial charge in [0.25, 0.3) is 0 Å². The molecule has 0 aliphatic heterocycles. The fourth-order valence-corrected chi connectivity index (χ4v) is 4.57. The van der Waals surface area contributed by atoms with Gasteiger partial charge in [0, 0.05) is 7.11 Å².